The number of piperazine rings is 1. The normalized spacial score (nSPS) is 14.5. The first kappa shape index (κ1) is 23.1. The molecule has 12 nitrogen and oxygen atoms in total. The van der Waals surface area contributed by atoms with Gasteiger partial charge in [0.05, 0.1) is 28.7 Å². The van der Waals surface area contributed by atoms with Gasteiger partial charge in [-0.05, 0) is 24.3 Å². The summed E-state index contributed by atoms with van der Waals surface area (Å²) in [5.41, 5.74) is 7.11. The van der Waals surface area contributed by atoms with Crippen molar-refractivity contribution in [3.05, 3.63) is 60.7 Å². The van der Waals surface area contributed by atoms with Crippen molar-refractivity contribution in [3.8, 4) is 11.3 Å². The van der Waals surface area contributed by atoms with E-state index in [1.807, 2.05) is 0 Å². The fourth-order valence-corrected chi connectivity index (χ4v) is 4.82. The molecule has 2 amide bonds. The van der Waals surface area contributed by atoms with Crippen LogP contribution in [-0.4, -0.2) is 75.9 Å². The minimum atomic E-state index is -3.79. The fourth-order valence-electron chi connectivity index (χ4n) is 3.40. The molecule has 0 radical (unpaired) electrons. The Morgan fingerprint density at radius 3 is 2.35 bits per heavy atom. The maximum absolute atomic E-state index is 12.9. The van der Waals surface area contributed by atoms with Gasteiger partial charge in [-0.2, -0.15) is 4.31 Å². The number of sulfonamides is 1. The third-order valence-corrected chi connectivity index (χ3v) is 7.15. The highest BCUT2D eigenvalue weighted by molar-refractivity contribution is 7.89. The van der Waals surface area contributed by atoms with E-state index in [4.69, 9.17) is 10.8 Å². The molecule has 34 heavy (non-hydrogen) atoms. The molecule has 0 bridgehead atoms. The number of nitrogen functional groups attached to an aromatic ring is 1. The summed E-state index contributed by atoms with van der Waals surface area (Å²) >= 11 is 0. The average Bonchev–Trinajstić information content (AvgIpc) is 2.85. The molecule has 0 unspecified atom stereocenters. The van der Waals surface area contributed by atoms with E-state index in [9.17, 15) is 18.0 Å². The zero-order valence-electron chi connectivity index (χ0n) is 17.8. The van der Waals surface area contributed by atoms with Crippen molar-refractivity contribution in [2.45, 2.75) is 4.90 Å². The zero-order valence-corrected chi connectivity index (χ0v) is 18.6. The number of hydrogen-bond acceptors (Lipinski definition) is 8. The molecule has 1 aliphatic heterocycles. The standard InChI is InChI=1S/C21H21N7O5S/c22-19-18(20(29)25-15-2-1-7-23-12-15)26-17(13-24-19)14-3-5-16(6-4-14)34(32,33)28-10-8-27(9-11-28)21(30)31/h1-7,12-13H,8-11H2,(H2,22,24)(H,25,29)(H,30,31). The molecule has 3 heterocycles. The molecule has 1 saturated heterocycles. The molecule has 0 spiro atoms. The van der Waals surface area contributed by atoms with Crippen molar-refractivity contribution in [1.29, 1.82) is 0 Å². The number of carbonyl (C=O) groups is 2. The maximum Gasteiger partial charge on any atom is 0.407 e. The van der Waals surface area contributed by atoms with Crippen LogP contribution in [0, 0.1) is 0 Å². The van der Waals surface area contributed by atoms with Gasteiger partial charge in [-0.25, -0.2) is 23.2 Å². The van der Waals surface area contributed by atoms with Crippen molar-refractivity contribution < 1.29 is 23.1 Å². The van der Waals surface area contributed by atoms with E-state index in [0.29, 0.717) is 16.9 Å². The number of amides is 2. The van der Waals surface area contributed by atoms with Gasteiger partial charge in [-0.1, -0.05) is 12.1 Å². The largest absolute Gasteiger partial charge is 0.465 e. The van der Waals surface area contributed by atoms with Crippen LogP contribution in [0.2, 0.25) is 0 Å². The summed E-state index contributed by atoms with van der Waals surface area (Å²) in [6.45, 7) is 0.375. The van der Waals surface area contributed by atoms with Gasteiger partial charge < -0.3 is 21.1 Å². The molecule has 0 saturated carbocycles. The number of pyridine rings is 1. The molecule has 176 valence electrons. The first-order chi connectivity index (χ1) is 16.3. The highest BCUT2D eigenvalue weighted by atomic mass is 32.2. The van der Waals surface area contributed by atoms with E-state index in [2.05, 4.69) is 20.3 Å². The molecule has 0 atom stereocenters. The van der Waals surface area contributed by atoms with Crippen molar-refractivity contribution >= 4 is 33.5 Å². The SMILES string of the molecule is Nc1ncc(-c2ccc(S(=O)(=O)N3CCN(C(=O)O)CC3)cc2)nc1C(=O)Nc1cccnc1. The Morgan fingerprint density at radius 1 is 1.03 bits per heavy atom. The number of anilines is 2. The Balaban J connectivity index is 1.52. The van der Waals surface area contributed by atoms with Gasteiger partial charge in [-0.3, -0.25) is 9.78 Å². The molecule has 1 aromatic carbocycles. The second-order valence-corrected chi connectivity index (χ2v) is 9.32. The van der Waals surface area contributed by atoms with E-state index in [0.717, 1.165) is 0 Å². The topological polar surface area (TPSA) is 172 Å². The molecule has 13 heteroatoms. The number of aromatic nitrogens is 3. The summed E-state index contributed by atoms with van der Waals surface area (Å²) in [5.74, 6) is -0.607. The van der Waals surface area contributed by atoms with Crippen LogP contribution >= 0.6 is 0 Å². The molecule has 1 aliphatic rings. The monoisotopic (exact) mass is 483 g/mol. The second-order valence-electron chi connectivity index (χ2n) is 7.38. The Bertz CT molecular complexity index is 1310. The molecular formula is C21H21N7O5S. The van der Waals surface area contributed by atoms with Crippen LogP contribution in [0.4, 0.5) is 16.3 Å². The first-order valence-electron chi connectivity index (χ1n) is 10.2. The Hall–Kier alpha value is -4.10. The molecular weight excluding hydrogens is 462 g/mol. The summed E-state index contributed by atoms with van der Waals surface area (Å²) in [6.07, 6.45) is 3.38. The first-order valence-corrected chi connectivity index (χ1v) is 11.6. The number of nitrogens with one attached hydrogen (secondary N) is 1. The van der Waals surface area contributed by atoms with Crippen LogP contribution in [0.15, 0.2) is 59.9 Å². The van der Waals surface area contributed by atoms with Gasteiger partial charge in [0.25, 0.3) is 5.91 Å². The minimum absolute atomic E-state index is 0.0511. The van der Waals surface area contributed by atoms with Crippen LogP contribution in [0.5, 0.6) is 0 Å². The molecule has 2 aromatic heterocycles. The zero-order chi connectivity index (χ0) is 24.3. The fraction of sp³-hybridized carbons (Fsp3) is 0.190. The summed E-state index contributed by atoms with van der Waals surface area (Å²) in [7, 11) is -3.79. The molecule has 4 N–H and O–H groups in total. The second kappa shape index (κ2) is 9.41. The Labute approximate surface area is 195 Å². The summed E-state index contributed by atoms with van der Waals surface area (Å²) in [5, 5.41) is 11.7. The van der Waals surface area contributed by atoms with Gasteiger partial charge >= 0.3 is 6.09 Å². The van der Waals surface area contributed by atoms with Gasteiger partial charge in [0, 0.05) is 37.9 Å². The predicted octanol–water partition coefficient (Wildman–Crippen LogP) is 1.36. The van der Waals surface area contributed by atoms with Crippen LogP contribution in [0.25, 0.3) is 11.3 Å². The molecule has 0 aliphatic carbocycles. The lowest BCUT2D eigenvalue weighted by Crippen LogP contribution is -2.50. The molecule has 4 rings (SSSR count). The van der Waals surface area contributed by atoms with E-state index in [1.165, 1.54) is 33.7 Å². The number of hydrogen-bond donors (Lipinski definition) is 3. The average molecular weight is 484 g/mol. The summed E-state index contributed by atoms with van der Waals surface area (Å²) in [6, 6.07) is 9.32. The van der Waals surface area contributed by atoms with Crippen LogP contribution in [-0.2, 0) is 10.0 Å². The number of benzene rings is 1. The minimum Gasteiger partial charge on any atom is -0.465 e. The van der Waals surface area contributed by atoms with E-state index < -0.39 is 22.0 Å². The maximum atomic E-state index is 12.9. The van der Waals surface area contributed by atoms with E-state index >= 15 is 0 Å². The highest BCUT2D eigenvalue weighted by Gasteiger charge is 2.30. The van der Waals surface area contributed by atoms with Crippen LogP contribution < -0.4 is 11.1 Å². The van der Waals surface area contributed by atoms with Crippen molar-refractivity contribution in [1.82, 2.24) is 24.2 Å². The third-order valence-electron chi connectivity index (χ3n) is 5.23. The van der Waals surface area contributed by atoms with Gasteiger partial charge in [0.15, 0.2) is 11.5 Å². The van der Waals surface area contributed by atoms with Crippen molar-refractivity contribution in [3.63, 3.8) is 0 Å². The number of rotatable bonds is 5. The lowest BCUT2D eigenvalue weighted by atomic mass is 10.1. The van der Waals surface area contributed by atoms with Gasteiger partial charge in [0.2, 0.25) is 10.0 Å². The molecule has 1 fully saturated rings. The van der Waals surface area contributed by atoms with E-state index in [-0.39, 0.29) is 42.6 Å². The smallest absolute Gasteiger partial charge is 0.407 e. The quantitative estimate of drug-likeness (QED) is 0.484. The van der Waals surface area contributed by atoms with E-state index in [1.54, 1.807) is 30.5 Å². The van der Waals surface area contributed by atoms with Gasteiger partial charge in [-0.15, -0.1) is 0 Å². The predicted molar refractivity (Wildman–Crippen MR) is 122 cm³/mol. The Kier molecular flexibility index (Phi) is 6.38. The van der Waals surface area contributed by atoms with Crippen LogP contribution in [0.3, 0.4) is 0 Å². The number of nitrogens with two attached hydrogens (primary N) is 1. The number of carboxylic acid groups (broad SMARTS) is 1. The van der Waals surface area contributed by atoms with Crippen molar-refractivity contribution in [2.24, 2.45) is 0 Å². The number of nitrogens with zero attached hydrogens (tertiary/aromatic N) is 5. The van der Waals surface area contributed by atoms with Crippen molar-refractivity contribution in [2.75, 3.05) is 37.2 Å². The highest BCUT2D eigenvalue weighted by Crippen LogP contribution is 2.23. The third kappa shape index (κ3) is 4.79. The summed E-state index contributed by atoms with van der Waals surface area (Å²) in [4.78, 5) is 37.2. The summed E-state index contributed by atoms with van der Waals surface area (Å²) < 4.78 is 27.1. The Morgan fingerprint density at radius 2 is 1.74 bits per heavy atom. The number of carbonyl (C=O) groups excluding carboxylic acids is 1. The van der Waals surface area contributed by atoms with Gasteiger partial charge in [0.1, 0.15) is 0 Å². The van der Waals surface area contributed by atoms with Crippen LogP contribution in [0.1, 0.15) is 10.5 Å². The lowest BCUT2D eigenvalue weighted by Gasteiger charge is -2.32. The molecule has 3 aromatic rings. The lowest BCUT2D eigenvalue weighted by molar-refractivity contribution is 0.102.